The molecule has 1 aromatic heterocycles. The number of nitrogens with two attached hydrogens (primary N) is 1. The average molecular weight is 292 g/mol. The Morgan fingerprint density at radius 1 is 0.955 bits per heavy atom. The molecule has 0 saturated carbocycles. The number of nitrogen functional groups attached to an aromatic ring is 1. The van der Waals surface area contributed by atoms with Crippen LogP contribution in [0, 0.1) is 13.8 Å². The first kappa shape index (κ1) is 14.1. The molecule has 3 rings (SSSR count). The Labute approximate surface area is 128 Å². The highest BCUT2D eigenvalue weighted by molar-refractivity contribution is 5.63. The van der Waals surface area contributed by atoms with Gasteiger partial charge in [-0.3, -0.25) is 0 Å². The molecule has 0 unspecified atom stereocenters. The fourth-order valence-electron chi connectivity index (χ4n) is 2.77. The van der Waals surface area contributed by atoms with Crippen molar-refractivity contribution >= 4 is 5.69 Å². The van der Waals surface area contributed by atoms with Crippen LogP contribution in [-0.4, -0.2) is 4.98 Å². The molecule has 0 radical (unpaired) electrons. The number of hydrogen-bond acceptors (Lipinski definition) is 2. The number of aromatic nitrogens is 2. The Bertz CT molecular complexity index is 865. The maximum absolute atomic E-state index is 12.4. The summed E-state index contributed by atoms with van der Waals surface area (Å²) < 4.78 is 2.03. The largest absolute Gasteiger partial charge is 0.399 e. The molecule has 22 heavy (non-hydrogen) atoms. The molecule has 0 bridgehead atoms. The Balaban J connectivity index is 2.29. The van der Waals surface area contributed by atoms with Crippen molar-refractivity contribution in [3.63, 3.8) is 0 Å². The van der Waals surface area contributed by atoms with Crippen molar-refractivity contribution in [1.82, 2.24) is 4.98 Å². The number of anilines is 1. The van der Waals surface area contributed by atoms with Gasteiger partial charge in [0.05, 0.1) is 0 Å². The number of rotatable bonds is 2. The lowest BCUT2D eigenvalue weighted by Crippen LogP contribution is -2.42. The molecule has 0 fully saturated rings. The van der Waals surface area contributed by atoms with Gasteiger partial charge in [0, 0.05) is 12.6 Å². The average Bonchev–Trinajstić information content (AvgIpc) is 2.50. The molecular formula is C18H18N3O+. The van der Waals surface area contributed by atoms with Crippen molar-refractivity contribution < 1.29 is 4.57 Å². The van der Waals surface area contributed by atoms with Crippen molar-refractivity contribution in [3.05, 3.63) is 76.5 Å². The summed E-state index contributed by atoms with van der Waals surface area (Å²) in [6.45, 7) is 3.85. The second-order valence-electron chi connectivity index (χ2n) is 5.29. The van der Waals surface area contributed by atoms with E-state index in [0.29, 0.717) is 11.3 Å². The van der Waals surface area contributed by atoms with Gasteiger partial charge in [-0.25, -0.2) is 14.3 Å². The van der Waals surface area contributed by atoms with E-state index >= 15 is 0 Å². The molecule has 4 nitrogen and oxygen atoms in total. The first-order valence-corrected chi connectivity index (χ1v) is 7.15. The van der Waals surface area contributed by atoms with E-state index in [0.717, 1.165) is 22.8 Å². The van der Waals surface area contributed by atoms with E-state index in [4.69, 9.17) is 5.73 Å². The molecule has 0 aliphatic carbocycles. The van der Waals surface area contributed by atoms with Gasteiger partial charge in [0.1, 0.15) is 16.9 Å². The molecule has 3 aromatic rings. The maximum atomic E-state index is 12.4. The first-order valence-electron chi connectivity index (χ1n) is 7.15. The zero-order valence-corrected chi connectivity index (χ0v) is 12.6. The minimum absolute atomic E-state index is 0.0760. The van der Waals surface area contributed by atoms with Crippen molar-refractivity contribution in [3.8, 4) is 16.8 Å². The van der Waals surface area contributed by atoms with E-state index in [2.05, 4.69) is 4.98 Å². The summed E-state index contributed by atoms with van der Waals surface area (Å²) in [7, 11) is 0. The van der Waals surface area contributed by atoms with Crippen LogP contribution in [0.3, 0.4) is 0 Å². The fraction of sp³-hybridized carbons (Fsp3) is 0.111. The van der Waals surface area contributed by atoms with Crippen LogP contribution in [0.4, 0.5) is 5.69 Å². The van der Waals surface area contributed by atoms with Gasteiger partial charge < -0.3 is 5.73 Å². The minimum Gasteiger partial charge on any atom is -0.399 e. The Morgan fingerprint density at radius 2 is 1.59 bits per heavy atom. The van der Waals surface area contributed by atoms with Gasteiger partial charge in [0.2, 0.25) is 0 Å². The van der Waals surface area contributed by atoms with Crippen LogP contribution in [0.1, 0.15) is 11.5 Å². The highest BCUT2D eigenvalue weighted by atomic mass is 16.1. The Morgan fingerprint density at radius 3 is 2.23 bits per heavy atom. The number of H-pyrrole nitrogens is 1. The van der Waals surface area contributed by atoms with Crippen LogP contribution in [0.5, 0.6) is 0 Å². The summed E-state index contributed by atoms with van der Waals surface area (Å²) in [6.07, 6.45) is 0. The highest BCUT2D eigenvalue weighted by Gasteiger charge is 2.20. The van der Waals surface area contributed by atoms with Crippen LogP contribution >= 0.6 is 0 Å². The van der Waals surface area contributed by atoms with E-state index in [9.17, 15) is 4.79 Å². The van der Waals surface area contributed by atoms with Crippen LogP contribution in [0.2, 0.25) is 0 Å². The monoisotopic (exact) mass is 292 g/mol. The third-order valence-electron chi connectivity index (χ3n) is 3.77. The fourth-order valence-corrected chi connectivity index (χ4v) is 2.77. The lowest BCUT2D eigenvalue weighted by molar-refractivity contribution is -0.612. The third-order valence-corrected chi connectivity index (χ3v) is 3.77. The van der Waals surface area contributed by atoms with E-state index in [-0.39, 0.29) is 5.56 Å². The molecule has 4 heteroatoms. The lowest BCUT2D eigenvalue weighted by Gasteiger charge is -2.10. The number of nitrogens with zero attached hydrogens (tertiary/aromatic N) is 1. The predicted octanol–water partition coefficient (Wildman–Crippen LogP) is 2.52. The lowest BCUT2D eigenvalue weighted by atomic mass is 10.1. The summed E-state index contributed by atoms with van der Waals surface area (Å²) in [5, 5.41) is 0. The SMILES string of the molecule is Cc1[nH]c(=O)c(-c2ccccc2)c(C)[n+]1-c1ccc(N)cc1. The summed E-state index contributed by atoms with van der Waals surface area (Å²) in [5.74, 6) is 0.784. The predicted molar refractivity (Wildman–Crippen MR) is 87.9 cm³/mol. The molecule has 0 aliphatic heterocycles. The number of nitrogens with one attached hydrogen (secondary N) is 1. The number of hydrogen-bond donors (Lipinski definition) is 2. The van der Waals surface area contributed by atoms with E-state index in [1.165, 1.54) is 0 Å². The number of aromatic amines is 1. The standard InChI is InChI=1S/C18H17N3O/c1-12-17(14-6-4-3-5-7-14)18(22)20-13(2)21(12)16-10-8-15(19)9-11-16/h3-11H,19H2,1-2H3/p+1. The van der Waals surface area contributed by atoms with Crippen LogP contribution in [0.25, 0.3) is 16.8 Å². The van der Waals surface area contributed by atoms with Gasteiger partial charge in [0.15, 0.2) is 0 Å². The first-order chi connectivity index (χ1) is 10.6. The summed E-state index contributed by atoms with van der Waals surface area (Å²) >= 11 is 0. The Kier molecular flexibility index (Phi) is 3.51. The van der Waals surface area contributed by atoms with Gasteiger partial charge in [-0.2, -0.15) is 0 Å². The minimum atomic E-state index is -0.0760. The molecule has 0 aliphatic rings. The molecule has 0 spiro atoms. The number of benzene rings is 2. The van der Waals surface area contributed by atoms with Crippen molar-refractivity contribution in [1.29, 1.82) is 0 Å². The molecule has 1 heterocycles. The topological polar surface area (TPSA) is 62.8 Å². The van der Waals surface area contributed by atoms with Gasteiger partial charge >= 0.3 is 5.56 Å². The maximum Gasteiger partial charge on any atom is 0.343 e. The molecule has 0 atom stereocenters. The van der Waals surface area contributed by atoms with E-state index < -0.39 is 0 Å². The number of aryl methyl sites for hydroxylation is 1. The van der Waals surface area contributed by atoms with Crippen molar-refractivity contribution in [2.45, 2.75) is 13.8 Å². The summed E-state index contributed by atoms with van der Waals surface area (Å²) in [5.41, 5.74) is 9.86. The zero-order valence-electron chi connectivity index (χ0n) is 12.6. The molecule has 110 valence electrons. The molecular weight excluding hydrogens is 274 g/mol. The third kappa shape index (κ3) is 2.39. The molecule has 3 N–H and O–H groups in total. The molecule has 0 amide bonds. The summed E-state index contributed by atoms with van der Waals surface area (Å²) in [6, 6.07) is 17.3. The van der Waals surface area contributed by atoms with Crippen LogP contribution in [-0.2, 0) is 0 Å². The smallest absolute Gasteiger partial charge is 0.343 e. The van der Waals surface area contributed by atoms with Crippen LogP contribution < -0.4 is 15.9 Å². The zero-order chi connectivity index (χ0) is 15.7. The van der Waals surface area contributed by atoms with Crippen LogP contribution in [0.15, 0.2) is 59.4 Å². The van der Waals surface area contributed by atoms with Gasteiger partial charge in [-0.1, -0.05) is 30.3 Å². The quantitative estimate of drug-likeness (QED) is 0.563. The second-order valence-corrected chi connectivity index (χ2v) is 5.29. The summed E-state index contributed by atoms with van der Waals surface area (Å²) in [4.78, 5) is 15.3. The van der Waals surface area contributed by atoms with Crippen molar-refractivity contribution in [2.75, 3.05) is 5.73 Å². The highest BCUT2D eigenvalue weighted by Crippen LogP contribution is 2.18. The molecule has 2 aromatic carbocycles. The second kappa shape index (κ2) is 5.48. The van der Waals surface area contributed by atoms with Gasteiger partial charge in [0.25, 0.3) is 5.82 Å². The van der Waals surface area contributed by atoms with Gasteiger partial charge in [-0.05, 0) is 36.8 Å². The van der Waals surface area contributed by atoms with E-state index in [1.807, 2.05) is 73.0 Å². The Hall–Kier alpha value is -2.88. The van der Waals surface area contributed by atoms with Crippen molar-refractivity contribution in [2.24, 2.45) is 0 Å². The normalized spacial score (nSPS) is 10.6. The van der Waals surface area contributed by atoms with Gasteiger partial charge in [-0.15, -0.1) is 0 Å². The molecule has 0 saturated heterocycles. The van der Waals surface area contributed by atoms with E-state index in [1.54, 1.807) is 0 Å².